The molecular formula is C17H14N6OS. The van der Waals surface area contributed by atoms with Gasteiger partial charge < -0.3 is 0 Å². The average molecular weight is 350 g/mol. The Kier molecular flexibility index (Phi) is 3.73. The van der Waals surface area contributed by atoms with Crippen LogP contribution in [0.2, 0.25) is 0 Å². The average Bonchev–Trinajstić information content (AvgIpc) is 3.20. The first-order valence-electron chi connectivity index (χ1n) is 7.61. The van der Waals surface area contributed by atoms with Crippen LogP contribution < -0.4 is 5.32 Å². The third kappa shape index (κ3) is 2.87. The lowest BCUT2D eigenvalue weighted by Crippen LogP contribution is -2.12. The molecule has 0 saturated heterocycles. The minimum Gasteiger partial charge on any atom is -0.297 e. The van der Waals surface area contributed by atoms with E-state index in [1.807, 2.05) is 44.3 Å². The molecular weight excluding hydrogens is 336 g/mol. The predicted octanol–water partition coefficient (Wildman–Crippen LogP) is 3.05. The van der Waals surface area contributed by atoms with E-state index in [-0.39, 0.29) is 5.91 Å². The van der Waals surface area contributed by atoms with Crippen molar-refractivity contribution in [2.45, 2.75) is 6.92 Å². The normalized spacial score (nSPS) is 11.0. The van der Waals surface area contributed by atoms with Gasteiger partial charge in [0, 0.05) is 35.7 Å². The maximum absolute atomic E-state index is 12.5. The fourth-order valence-electron chi connectivity index (χ4n) is 2.58. The highest BCUT2D eigenvalue weighted by molar-refractivity contribution is 7.10. The Morgan fingerprint density at radius 3 is 2.84 bits per heavy atom. The minimum absolute atomic E-state index is 0.270. The van der Waals surface area contributed by atoms with Gasteiger partial charge in [0.15, 0.2) is 11.5 Å². The second-order valence-electron chi connectivity index (χ2n) is 5.55. The molecule has 0 radical (unpaired) electrons. The summed E-state index contributed by atoms with van der Waals surface area (Å²) in [5, 5.41) is 8.40. The van der Waals surface area contributed by atoms with Crippen molar-refractivity contribution in [1.29, 1.82) is 0 Å². The highest BCUT2D eigenvalue weighted by Gasteiger charge is 2.14. The van der Waals surface area contributed by atoms with Crippen molar-refractivity contribution in [3.05, 3.63) is 53.9 Å². The molecule has 0 atom stereocenters. The lowest BCUT2D eigenvalue weighted by Gasteiger charge is -2.01. The monoisotopic (exact) mass is 350 g/mol. The van der Waals surface area contributed by atoms with Crippen molar-refractivity contribution in [1.82, 2.24) is 24.1 Å². The molecule has 0 fully saturated rings. The summed E-state index contributed by atoms with van der Waals surface area (Å²) in [6.45, 7) is 1.89. The molecule has 0 aliphatic rings. The Morgan fingerprint density at radius 1 is 1.24 bits per heavy atom. The topological polar surface area (TPSA) is 85.6 Å². The number of aryl methyl sites for hydroxylation is 2. The predicted molar refractivity (Wildman–Crippen MR) is 96.5 cm³/mol. The Hall–Kier alpha value is -3.13. The van der Waals surface area contributed by atoms with Crippen LogP contribution >= 0.6 is 11.5 Å². The smallest absolute Gasteiger partial charge is 0.259 e. The van der Waals surface area contributed by atoms with Crippen LogP contribution in [-0.4, -0.2) is 30.0 Å². The lowest BCUT2D eigenvalue weighted by molar-refractivity contribution is 0.102. The van der Waals surface area contributed by atoms with Crippen molar-refractivity contribution in [3.63, 3.8) is 0 Å². The SMILES string of the molecule is Cc1nn(C)c2ncc(C(=O)Nc3nc(-c4ccccc4)ns3)cc12. The van der Waals surface area contributed by atoms with Gasteiger partial charge in [0.2, 0.25) is 5.13 Å². The standard InChI is InChI=1S/C17H14N6OS/c1-10-13-8-12(9-18-15(13)23(2)21-10)16(24)20-17-19-14(22-25-17)11-6-4-3-5-7-11/h3-9H,1-2H3,(H,19,20,22,24). The summed E-state index contributed by atoms with van der Waals surface area (Å²) in [5.41, 5.74) is 2.95. The van der Waals surface area contributed by atoms with Crippen LogP contribution in [0.5, 0.6) is 0 Å². The lowest BCUT2D eigenvalue weighted by atomic mass is 10.2. The highest BCUT2D eigenvalue weighted by Crippen LogP contribution is 2.22. The van der Waals surface area contributed by atoms with E-state index >= 15 is 0 Å². The van der Waals surface area contributed by atoms with Gasteiger partial charge in [-0.15, -0.1) is 0 Å². The number of fused-ring (bicyclic) bond motifs is 1. The van der Waals surface area contributed by atoms with Crippen molar-refractivity contribution in [2.75, 3.05) is 5.32 Å². The summed E-state index contributed by atoms with van der Waals surface area (Å²) in [5.74, 6) is 0.325. The number of hydrogen-bond acceptors (Lipinski definition) is 6. The molecule has 0 aliphatic carbocycles. The second-order valence-corrected chi connectivity index (χ2v) is 6.30. The molecule has 4 rings (SSSR count). The Labute approximate surface area is 147 Å². The van der Waals surface area contributed by atoms with Crippen LogP contribution in [0.3, 0.4) is 0 Å². The van der Waals surface area contributed by atoms with Gasteiger partial charge in [-0.3, -0.25) is 14.8 Å². The summed E-state index contributed by atoms with van der Waals surface area (Å²) in [7, 11) is 1.83. The number of aromatic nitrogens is 5. The van der Waals surface area contributed by atoms with E-state index in [0.29, 0.717) is 16.5 Å². The number of carbonyl (C=O) groups excluding carboxylic acids is 1. The van der Waals surface area contributed by atoms with Gasteiger partial charge in [0.25, 0.3) is 5.91 Å². The van der Waals surface area contributed by atoms with Crippen LogP contribution in [0.1, 0.15) is 16.1 Å². The van der Waals surface area contributed by atoms with E-state index in [2.05, 4.69) is 24.8 Å². The highest BCUT2D eigenvalue weighted by atomic mass is 32.1. The summed E-state index contributed by atoms with van der Waals surface area (Å²) in [6, 6.07) is 11.4. The molecule has 0 unspecified atom stereocenters. The maximum atomic E-state index is 12.5. The fraction of sp³-hybridized carbons (Fsp3) is 0.118. The van der Waals surface area contributed by atoms with Crippen molar-refractivity contribution >= 4 is 33.6 Å². The number of rotatable bonds is 3. The summed E-state index contributed by atoms with van der Waals surface area (Å²) in [4.78, 5) is 21.2. The number of carbonyl (C=O) groups is 1. The maximum Gasteiger partial charge on any atom is 0.259 e. The number of hydrogen-bond donors (Lipinski definition) is 1. The molecule has 3 heterocycles. The third-order valence-corrected chi connectivity index (χ3v) is 4.43. The molecule has 0 saturated carbocycles. The zero-order valence-corrected chi connectivity index (χ0v) is 14.4. The summed E-state index contributed by atoms with van der Waals surface area (Å²) in [6.07, 6.45) is 1.54. The van der Waals surface area contributed by atoms with Gasteiger partial charge in [0.1, 0.15) is 0 Å². The Morgan fingerprint density at radius 2 is 2.04 bits per heavy atom. The van der Waals surface area contributed by atoms with Crippen LogP contribution in [0, 0.1) is 6.92 Å². The van der Waals surface area contributed by atoms with E-state index in [4.69, 9.17) is 0 Å². The number of benzene rings is 1. The van der Waals surface area contributed by atoms with Crippen LogP contribution in [0.15, 0.2) is 42.6 Å². The number of amides is 1. The number of pyridine rings is 1. The molecule has 3 aromatic heterocycles. The van der Waals surface area contributed by atoms with Crippen molar-refractivity contribution in [2.24, 2.45) is 7.05 Å². The largest absolute Gasteiger partial charge is 0.297 e. The third-order valence-electron chi connectivity index (χ3n) is 3.80. The molecule has 0 bridgehead atoms. The second kappa shape index (κ2) is 6.06. The van der Waals surface area contributed by atoms with E-state index < -0.39 is 0 Å². The number of nitrogens with zero attached hydrogens (tertiary/aromatic N) is 5. The fourth-order valence-corrected chi connectivity index (χ4v) is 3.16. The van der Waals surface area contributed by atoms with Crippen LogP contribution in [0.4, 0.5) is 5.13 Å². The molecule has 1 aromatic carbocycles. The first-order chi connectivity index (χ1) is 12.1. The number of nitrogens with one attached hydrogen (secondary N) is 1. The Balaban J connectivity index is 1.58. The molecule has 7 nitrogen and oxygen atoms in total. The molecule has 8 heteroatoms. The molecule has 124 valence electrons. The van der Waals surface area contributed by atoms with E-state index in [9.17, 15) is 4.79 Å². The van der Waals surface area contributed by atoms with E-state index in [1.165, 1.54) is 6.20 Å². The van der Waals surface area contributed by atoms with Gasteiger partial charge >= 0.3 is 0 Å². The Bertz CT molecular complexity index is 1070. The van der Waals surface area contributed by atoms with Gasteiger partial charge in [-0.2, -0.15) is 14.5 Å². The van der Waals surface area contributed by atoms with Gasteiger partial charge in [0.05, 0.1) is 11.3 Å². The molecule has 0 aliphatic heterocycles. The summed E-state index contributed by atoms with van der Waals surface area (Å²) < 4.78 is 5.99. The van der Waals surface area contributed by atoms with Gasteiger partial charge in [-0.25, -0.2) is 4.98 Å². The van der Waals surface area contributed by atoms with Crippen LogP contribution in [-0.2, 0) is 7.05 Å². The minimum atomic E-state index is -0.270. The number of anilines is 1. The van der Waals surface area contributed by atoms with Gasteiger partial charge in [-0.1, -0.05) is 30.3 Å². The first-order valence-corrected chi connectivity index (χ1v) is 8.39. The quantitative estimate of drug-likeness (QED) is 0.614. The van der Waals surface area contributed by atoms with Crippen molar-refractivity contribution in [3.8, 4) is 11.4 Å². The molecule has 0 spiro atoms. The molecule has 1 N–H and O–H groups in total. The molecule has 4 aromatic rings. The molecule has 1 amide bonds. The van der Waals surface area contributed by atoms with E-state index in [0.717, 1.165) is 33.8 Å². The zero-order chi connectivity index (χ0) is 17.4. The van der Waals surface area contributed by atoms with Crippen molar-refractivity contribution < 1.29 is 4.79 Å². The first kappa shape index (κ1) is 15.4. The zero-order valence-electron chi connectivity index (χ0n) is 13.6. The van der Waals surface area contributed by atoms with Crippen LogP contribution in [0.25, 0.3) is 22.4 Å². The molecule has 25 heavy (non-hydrogen) atoms. The van der Waals surface area contributed by atoms with Gasteiger partial charge in [-0.05, 0) is 13.0 Å². The summed E-state index contributed by atoms with van der Waals surface area (Å²) >= 11 is 1.15. The van der Waals surface area contributed by atoms with E-state index in [1.54, 1.807) is 10.7 Å².